The summed E-state index contributed by atoms with van der Waals surface area (Å²) in [6, 6.07) is 0. The third-order valence-electron chi connectivity index (χ3n) is 6.38. The molecule has 0 aromatic rings. The standard InChI is InChI=1S/C19H32O3/c1-12(2)7-17(5,8-13(3)4)16(20)22-19-10-14-6-15(19)9-18(14,21)11-19/h12-15,21H,6-11H2,1-5H3. The fourth-order valence-electron chi connectivity index (χ4n) is 5.97. The smallest absolute Gasteiger partial charge is 0.312 e. The number of hydrogen-bond acceptors (Lipinski definition) is 3. The molecule has 1 N–H and O–H groups in total. The van der Waals surface area contributed by atoms with Crippen LogP contribution in [0.3, 0.4) is 0 Å². The van der Waals surface area contributed by atoms with E-state index in [4.69, 9.17) is 4.74 Å². The van der Waals surface area contributed by atoms with Crippen LogP contribution in [0.4, 0.5) is 0 Å². The topological polar surface area (TPSA) is 46.5 Å². The molecule has 4 unspecified atom stereocenters. The van der Waals surface area contributed by atoms with Crippen molar-refractivity contribution in [3.63, 3.8) is 0 Å². The lowest BCUT2D eigenvalue weighted by Crippen LogP contribution is -2.42. The van der Waals surface area contributed by atoms with Gasteiger partial charge >= 0.3 is 5.97 Å². The molecule has 0 radical (unpaired) electrons. The molecule has 0 amide bonds. The summed E-state index contributed by atoms with van der Waals surface area (Å²) < 4.78 is 6.18. The zero-order valence-corrected chi connectivity index (χ0v) is 14.8. The Bertz CT molecular complexity index is 459. The highest BCUT2D eigenvalue weighted by molar-refractivity contribution is 5.77. The van der Waals surface area contributed by atoms with Crippen molar-refractivity contribution in [3.8, 4) is 0 Å². The summed E-state index contributed by atoms with van der Waals surface area (Å²) in [5, 5.41) is 10.6. The minimum atomic E-state index is -0.530. The zero-order chi connectivity index (χ0) is 16.3. The van der Waals surface area contributed by atoms with Crippen LogP contribution in [-0.4, -0.2) is 22.3 Å². The number of rotatable bonds is 6. The van der Waals surface area contributed by atoms with Crippen molar-refractivity contribution in [1.29, 1.82) is 0 Å². The second-order valence-electron chi connectivity index (χ2n) is 9.53. The molecule has 4 bridgehead atoms. The van der Waals surface area contributed by atoms with Crippen LogP contribution in [0.25, 0.3) is 0 Å². The quantitative estimate of drug-likeness (QED) is 0.756. The van der Waals surface area contributed by atoms with Crippen LogP contribution in [0.5, 0.6) is 0 Å². The van der Waals surface area contributed by atoms with Crippen LogP contribution in [0.15, 0.2) is 0 Å². The molecule has 0 spiro atoms. The molecule has 0 aromatic carbocycles. The maximum atomic E-state index is 13.0. The van der Waals surface area contributed by atoms with Gasteiger partial charge in [0.1, 0.15) is 5.60 Å². The van der Waals surface area contributed by atoms with Gasteiger partial charge in [0, 0.05) is 12.3 Å². The van der Waals surface area contributed by atoms with Gasteiger partial charge < -0.3 is 9.84 Å². The van der Waals surface area contributed by atoms with Crippen molar-refractivity contribution in [2.45, 2.75) is 84.3 Å². The molecule has 4 fully saturated rings. The lowest BCUT2D eigenvalue weighted by molar-refractivity contribution is -0.175. The molecule has 0 aliphatic heterocycles. The Morgan fingerprint density at radius 1 is 1.18 bits per heavy atom. The molecular formula is C19H32O3. The Labute approximate surface area is 134 Å². The molecule has 3 nitrogen and oxygen atoms in total. The lowest BCUT2D eigenvalue weighted by atomic mass is 9.75. The predicted octanol–water partition coefficient (Wildman–Crippen LogP) is 3.93. The van der Waals surface area contributed by atoms with Gasteiger partial charge in [0.05, 0.1) is 11.0 Å². The number of ether oxygens (including phenoxy) is 1. The molecule has 4 atom stereocenters. The summed E-state index contributed by atoms with van der Waals surface area (Å²) in [7, 11) is 0. The summed E-state index contributed by atoms with van der Waals surface area (Å²) in [4.78, 5) is 13.0. The van der Waals surface area contributed by atoms with Crippen LogP contribution in [0.1, 0.15) is 73.1 Å². The molecule has 3 heteroatoms. The van der Waals surface area contributed by atoms with E-state index in [-0.39, 0.29) is 11.6 Å². The van der Waals surface area contributed by atoms with Gasteiger partial charge in [-0.25, -0.2) is 0 Å². The van der Waals surface area contributed by atoms with Crippen LogP contribution in [0.2, 0.25) is 0 Å². The van der Waals surface area contributed by atoms with Crippen LogP contribution in [-0.2, 0) is 9.53 Å². The summed E-state index contributed by atoms with van der Waals surface area (Å²) >= 11 is 0. The van der Waals surface area contributed by atoms with Gasteiger partial charge in [0.25, 0.3) is 0 Å². The minimum Gasteiger partial charge on any atom is -0.458 e. The summed E-state index contributed by atoms with van der Waals surface area (Å²) in [6.45, 7) is 10.8. The highest BCUT2D eigenvalue weighted by Crippen LogP contribution is 2.68. The first-order valence-electron chi connectivity index (χ1n) is 9.04. The van der Waals surface area contributed by atoms with Crippen molar-refractivity contribution in [3.05, 3.63) is 0 Å². The average Bonchev–Trinajstić information content (AvgIpc) is 2.94. The van der Waals surface area contributed by atoms with E-state index in [2.05, 4.69) is 34.6 Å². The summed E-state index contributed by atoms with van der Waals surface area (Å²) in [6.07, 6.45) is 5.21. The van der Waals surface area contributed by atoms with E-state index < -0.39 is 11.0 Å². The largest absolute Gasteiger partial charge is 0.458 e. The maximum absolute atomic E-state index is 13.0. The van der Waals surface area contributed by atoms with Gasteiger partial charge in [-0.05, 0) is 56.8 Å². The third kappa shape index (κ3) is 2.40. The molecular weight excluding hydrogens is 276 g/mol. The van der Waals surface area contributed by atoms with Gasteiger partial charge in [-0.2, -0.15) is 0 Å². The monoisotopic (exact) mass is 308 g/mol. The van der Waals surface area contributed by atoms with E-state index in [9.17, 15) is 9.90 Å². The molecule has 4 aliphatic rings. The van der Waals surface area contributed by atoms with Gasteiger partial charge in [-0.15, -0.1) is 0 Å². The Hall–Kier alpha value is -0.570. The van der Waals surface area contributed by atoms with Crippen LogP contribution >= 0.6 is 0 Å². The Kier molecular flexibility index (Phi) is 3.67. The normalized spacial score (nSPS) is 39.5. The number of esters is 1. The summed E-state index contributed by atoms with van der Waals surface area (Å²) in [5.74, 6) is 1.70. The predicted molar refractivity (Wildman–Crippen MR) is 86.2 cm³/mol. The lowest BCUT2D eigenvalue weighted by Gasteiger charge is -2.36. The Balaban J connectivity index is 1.75. The maximum Gasteiger partial charge on any atom is 0.312 e. The summed E-state index contributed by atoms with van der Waals surface area (Å²) in [5.41, 5.74) is -1.27. The molecule has 126 valence electrons. The number of carbonyl (C=O) groups excluding carboxylic acids is 1. The molecule has 4 saturated carbocycles. The Morgan fingerprint density at radius 3 is 2.09 bits per heavy atom. The highest BCUT2D eigenvalue weighted by atomic mass is 16.6. The van der Waals surface area contributed by atoms with Crippen molar-refractivity contribution in [2.24, 2.45) is 29.1 Å². The van der Waals surface area contributed by atoms with Gasteiger partial charge in [-0.3, -0.25) is 4.79 Å². The molecule has 0 aromatic heterocycles. The van der Waals surface area contributed by atoms with Crippen molar-refractivity contribution < 1.29 is 14.6 Å². The van der Waals surface area contributed by atoms with Crippen LogP contribution < -0.4 is 0 Å². The number of hydrogen-bond donors (Lipinski definition) is 1. The molecule has 0 heterocycles. The minimum absolute atomic E-state index is 0.0216. The molecule has 4 rings (SSSR count). The first-order chi connectivity index (χ1) is 10.1. The number of carbonyl (C=O) groups is 1. The van der Waals surface area contributed by atoms with E-state index in [1.165, 1.54) is 0 Å². The van der Waals surface area contributed by atoms with E-state index in [0.717, 1.165) is 32.1 Å². The number of aliphatic hydroxyl groups is 1. The van der Waals surface area contributed by atoms with E-state index in [1.807, 2.05) is 0 Å². The van der Waals surface area contributed by atoms with Gasteiger partial charge in [-0.1, -0.05) is 27.7 Å². The average molecular weight is 308 g/mol. The molecule has 0 saturated heterocycles. The fraction of sp³-hybridized carbons (Fsp3) is 0.947. The zero-order valence-electron chi connectivity index (χ0n) is 14.8. The van der Waals surface area contributed by atoms with Crippen molar-refractivity contribution in [2.75, 3.05) is 0 Å². The second-order valence-corrected chi connectivity index (χ2v) is 9.53. The van der Waals surface area contributed by atoms with Gasteiger partial charge in [0.15, 0.2) is 0 Å². The van der Waals surface area contributed by atoms with Gasteiger partial charge in [0.2, 0.25) is 0 Å². The van der Waals surface area contributed by atoms with Crippen LogP contribution in [0, 0.1) is 29.1 Å². The Morgan fingerprint density at radius 2 is 1.77 bits per heavy atom. The van der Waals surface area contributed by atoms with E-state index >= 15 is 0 Å². The van der Waals surface area contributed by atoms with E-state index in [0.29, 0.717) is 30.1 Å². The fourth-order valence-corrected chi connectivity index (χ4v) is 5.97. The second kappa shape index (κ2) is 4.96. The molecule has 4 aliphatic carbocycles. The van der Waals surface area contributed by atoms with Crippen molar-refractivity contribution in [1.82, 2.24) is 0 Å². The third-order valence-corrected chi connectivity index (χ3v) is 6.38. The first kappa shape index (κ1) is 16.3. The molecule has 22 heavy (non-hydrogen) atoms. The SMILES string of the molecule is CC(C)CC(C)(CC(C)C)C(=O)OC12CC3CC1CC3(O)C2. The van der Waals surface area contributed by atoms with Crippen molar-refractivity contribution >= 4 is 5.97 Å². The first-order valence-corrected chi connectivity index (χ1v) is 9.04. The van der Waals surface area contributed by atoms with E-state index in [1.54, 1.807) is 0 Å². The highest BCUT2D eigenvalue weighted by Gasteiger charge is 2.72.